The predicted molar refractivity (Wildman–Crippen MR) is 103 cm³/mol. The second-order valence-corrected chi connectivity index (χ2v) is 7.87. The number of carbonyl (C=O) groups is 1. The number of carbonyl (C=O) groups excluding carboxylic acids is 1. The van der Waals surface area contributed by atoms with Gasteiger partial charge in [0, 0.05) is 11.3 Å². The highest BCUT2D eigenvalue weighted by atomic mass is 32.2. The number of benzene rings is 2. The molecule has 0 unspecified atom stereocenters. The standard InChI is InChI=1S/C19H24N2O4S/c1-5-17(14-9-10-18(25-3)13(2)11-14)20-19(22)15-7-6-8-16(12-15)21-26(4,23)24/h6-12,17,21H,5H2,1-4H3,(H,20,22)/t17-/m1/s1. The molecule has 7 heteroatoms. The molecule has 0 aromatic heterocycles. The molecule has 0 radical (unpaired) electrons. The molecule has 26 heavy (non-hydrogen) atoms. The number of rotatable bonds is 7. The van der Waals surface area contributed by atoms with E-state index in [2.05, 4.69) is 10.0 Å². The van der Waals surface area contributed by atoms with Crippen LogP contribution in [0.4, 0.5) is 5.69 Å². The monoisotopic (exact) mass is 376 g/mol. The normalized spacial score (nSPS) is 12.3. The van der Waals surface area contributed by atoms with Gasteiger partial charge >= 0.3 is 0 Å². The fourth-order valence-corrected chi connectivity index (χ4v) is 3.27. The quantitative estimate of drug-likeness (QED) is 0.777. The van der Waals surface area contributed by atoms with E-state index in [9.17, 15) is 13.2 Å². The van der Waals surface area contributed by atoms with Crippen LogP contribution in [0.2, 0.25) is 0 Å². The number of nitrogens with one attached hydrogen (secondary N) is 2. The van der Waals surface area contributed by atoms with E-state index in [4.69, 9.17) is 4.74 Å². The lowest BCUT2D eigenvalue weighted by atomic mass is 10.0. The van der Waals surface area contributed by atoms with E-state index in [1.807, 2.05) is 32.0 Å². The summed E-state index contributed by atoms with van der Waals surface area (Å²) < 4.78 is 30.4. The number of ether oxygens (including phenoxy) is 1. The van der Waals surface area contributed by atoms with E-state index in [-0.39, 0.29) is 11.9 Å². The number of sulfonamides is 1. The van der Waals surface area contributed by atoms with E-state index in [0.29, 0.717) is 11.3 Å². The Morgan fingerprint density at radius 2 is 1.92 bits per heavy atom. The van der Waals surface area contributed by atoms with Crippen LogP contribution >= 0.6 is 0 Å². The van der Waals surface area contributed by atoms with Gasteiger partial charge in [0.15, 0.2) is 0 Å². The first-order valence-electron chi connectivity index (χ1n) is 8.26. The molecule has 0 aliphatic rings. The van der Waals surface area contributed by atoms with Gasteiger partial charge in [0.25, 0.3) is 5.91 Å². The van der Waals surface area contributed by atoms with Crippen molar-refractivity contribution < 1.29 is 17.9 Å². The van der Waals surface area contributed by atoms with E-state index in [1.165, 1.54) is 6.07 Å². The topological polar surface area (TPSA) is 84.5 Å². The maximum atomic E-state index is 12.6. The van der Waals surface area contributed by atoms with Crippen molar-refractivity contribution in [3.8, 4) is 5.75 Å². The largest absolute Gasteiger partial charge is 0.496 e. The highest BCUT2D eigenvalue weighted by Gasteiger charge is 2.16. The van der Waals surface area contributed by atoms with Crippen molar-refractivity contribution in [1.29, 1.82) is 0 Å². The third-order valence-corrected chi connectivity index (χ3v) is 4.57. The van der Waals surface area contributed by atoms with Gasteiger partial charge in [0.2, 0.25) is 10.0 Å². The first-order valence-corrected chi connectivity index (χ1v) is 10.2. The van der Waals surface area contributed by atoms with Gasteiger partial charge in [0.1, 0.15) is 5.75 Å². The molecule has 2 aromatic carbocycles. The number of aryl methyl sites for hydroxylation is 1. The molecular weight excluding hydrogens is 352 g/mol. The lowest BCUT2D eigenvalue weighted by Crippen LogP contribution is -2.28. The first-order chi connectivity index (χ1) is 12.2. The molecule has 6 nitrogen and oxygen atoms in total. The van der Waals surface area contributed by atoms with Crippen molar-refractivity contribution in [3.63, 3.8) is 0 Å². The minimum atomic E-state index is -3.40. The van der Waals surface area contributed by atoms with Crippen molar-refractivity contribution in [2.75, 3.05) is 18.1 Å². The second-order valence-electron chi connectivity index (χ2n) is 6.12. The predicted octanol–water partition coefficient (Wildman–Crippen LogP) is 3.26. The van der Waals surface area contributed by atoms with Gasteiger partial charge in [0.05, 0.1) is 19.4 Å². The van der Waals surface area contributed by atoms with E-state index < -0.39 is 10.0 Å². The van der Waals surface area contributed by atoms with Gasteiger partial charge in [-0.2, -0.15) is 0 Å². The Morgan fingerprint density at radius 3 is 2.50 bits per heavy atom. The molecule has 0 heterocycles. The maximum Gasteiger partial charge on any atom is 0.251 e. The van der Waals surface area contributed by atoms with Crippen LogP contribution in [-0.2, 0) is 10.0 Å². The SMILES string of the molecule is CC[C@@H](NC(=O)c1cccc(NS(C)(=O)=O)c1)c1ccc(OC)c(C)c1. The fraction of sp³-hybridized carbons (Fsp3) is 0.316. The minimum Gasteiger partial charge on any atom is -0.496 e. The third kappa shape index (κ3) is 5.23. The zero-order chi connectivity index (χ0) is 19.3. The fourth-order valence-electron chi connectivity index (χ4n) is 2.72. The molecule has 0 aliphatic carbocycles. The Kier molecular flexibility index (Phi) is 6.26. The number of anilines is 1. The van der Waals surface area contributed by atoms with Crippen molar-refractivity contribution in [2.45, 2.75) is 26.3 Å². The molecule has 2 N–H and O–H groups in total. The molecule has 0 spiro atoms. The van der Waals surface area contributed by atoms with Gasteiger partial charge < -0.3 is 10.1 Å². The molecule has 140 valence electrons. The highest BCUT2D eigenvalue weighted by Crippen LogP contribution is 2.24. The van der Waals surface area contributed by atoms with Crippen LogP contribution in [0.25, 0.3) is 0 Å². The van der Waals surface area contributed by atoms with Crippen LogP contribution in [0.5, 0.6) is 5.75 Å². The van der Waals surface area contributed by atoms with Crippen LogP contribution in [0, 0.1) is 6.92 Å². The molecule has 1 amide bonds. The molecule has 0 saturated heterocycles. The van der Waals surface area contributed by atoms with E-state index in [1.54, 1.807) is 25.3 Å². The zero-order valence-corrected chi connectivity index (χ0v) is 16.2. The molecule has 0 aliphatic heterocycles. The smallest absolute Gasteiger partial charge is 0.251 e. The number of amides is 1. The average Bonchev–Trinajstić information content (AvgIpc) is 2.58. The number of hydrogen-bond donors (Lipinski definition) is 2. The zero-order valence-electron chi connectivity index (χ0n) is 15.4. The summed E-state index contributed by atoms with van der Waals surface area (Å²) in [5, 5.41) is 3.00. The Hall–Kier alpha value is -2.54. The Morgan fingerprint density at radius 1 is 1.19 bits per heavy atom. The van der Waals surface area contributed by atoms with Crippen molar-refractivity contribution in [2.24, 2.45) is 0 Å². The van der Waals surface area contributed by atoms with Crippen molar-refractivity contribution in [3.05, 3.63) is 59.2 Å². The third-order valence-electron chi connectivity index (χ3n) is 3.96. The van der Waals surface area contributed by atoms with Crippen molar-refractivity contribution in [1.82, 2.24) is 5.32 Å². The second kappa shape index (κ2) is 8.23. The van der Waals surface area contributed by atoms with Crippen LogP contribution in [0.15, 0.2) is 42.5 Å². The Bertz CT molecular complexity index is 894. The maximum absolute atomic E-state index is 12.6. The molecule has 0 bridgehead atoms. The summed E-state index contributed by atoms with van der Waals surface area (Å²) in [5.41, 5.74) is 2.73. The molecular formula is C19H24N2O4S. The molecule has 2 rings (SSSR count). The molecule has 2 aromatic rings. The summed E-state index contributed by atoms with van der Waals surface area (Å²) >= 11 is 0. The summed E-state index contributed by atoms with van der Waals surface area (Å²) in [7, 11) is -1.77. The number of methoxy groups -OCH3 is 1. The van der Waals surface area contributed by atoms with E-state index >= 15 is 0 Å². The van der Waals surface area contributed by atoms with E-state index in [0.717, 1.165) is 29.6 Å². The van der Waals surface area contributed by atoms with Crippen LogP contribution in [-0.4, -0.2) is 27.7 Å². The van der Waals surface area contributed by atoms with Gasteiger partial charge in [-0.15, -0.1) is 0 Å². The molecule has 0 fully saturated rings. The summed E-state index contributed by atoms with van der Waals surface area (Å²) in [4.78, 5) is 12.6. The first kappa shape index (κ1) is 19.8. The lowest BCUT2D eigenvalue weighted by molar-refractivity contribution is 0.0935. The van der Waals surface area contributed by atoms with Crippen molar-refractivity contribution >= 4 is 21.6 Å². The van der Waals surface area contributed by atoms with Gasteiger partial charge in [-0.05, 0) is 48.7 Å². The van der Waals surface area contributed by atoms with Crippen LogP contribution in [0.3, 0.4) is 0 Å². The van der Waals surface area contributed by atoms with Crippen LogP contribution in [0.1, 0.15) is 40.9 Å². The number of hydrogen-bond acceptors (Lipinski definition) is 4. The summed E-state index contributed by atoms with van der Waals surface area (Å²) in [6.07, 6.45) is 1.79. The summed E-state index contributed by atoms with van der Waals surface area (Å²) in [6, 6.07) is 12.1. The van der Waals surface area contributed by atoms with Crippen LogP contribution < -0.4 is 14.8 Å². The average molecular weight is 376 g/mol. The minimum absolute atomic E-state index is 0.154. The summed E-state index contributed by atoms with van der Waals surface area (Å²) in [5.74, 6) is 0.539. The lowest BCUT2D eigenvalue weighted by Gasteiger charge is -2.19. The van der Waals surface area contributed by atoms with Gasteiger partial charge in [-0.25, -0.2) is 8.42 Å². The van der Waals surface area contributed by atoms with Gasteiger partial charge in [-0.1, -0.05) is 25.1 Å². The Balaban J connectivity index is 2.19. The summed E-state index contributed by atoms with van der Waals surface area (Å²) in [6.45, 7) is 3.95. The highest BCUT2D eigenvalue weighted by molar-refractivity contribution is 7.92. The van der Waals surface area contributed by atoms with Gasteiger partial charge in [-0.3, -0.25) is 9.52 Å². The molecule has 1 atom stereocenters. The Labute approximate surface area is 154 Å². The molecule has 0 saturated carbocycles.